The summed E-state index contributed by atoms with van der Waals surface area (Å²) in [5.74, 6) is 0.593. The van der Waals surface area contributed by atoms with E-state index in [0.717, 1.165) is 0 Å². The Balaban J connectivity index is 0.00000193. The molecule has 0 aliphatic heterocycles. The zero-order valence-corrected chi connectivity index (χ0v) is 27.2. The molecule has 2 aliphatic carbocycles. The maximum Gasteiger partial charge on any atom is -0.147 e. The molecule has 2 aliphatic rings. The third-order valence-electron chi connectivity index (χ3n) is 8.57. The van der Waals surface area contributed by atoms with Gasteiger partial charge in [0.05, 0.1) is 0 Å². The van der Waals surface area contributed by atoms with Crippen molar-refractivity contribution in [3.8, 4) is 11.1 Å². The average Bonchev–Trinajstić information content (AvgIpc) is 3.12. The number of halogens is 2. The molecule has 0 aromatic heterocycles. The zero-order valence-electron chi connectivity index (χ0n) is 21.7. The maximum atomic E-state index is 2.72. The first-order valence-electron chi connectivity index (χ1n) is 11.7. The predicted octanol–water partition coefficient (Wildman–Crippen LogP) is 8.87. The molecule has 0 saturated carbocycles. The van der Waals surface area contributed by atoms with Crippen molar-refractivity contribution in [1.82, 2.24) is 0 Å². The fraction of sp³-hybridized carbons (Fsp3) is 0.379. The number of aryl methyl sites for hydroxylation is 1. The van der Waals surface area contributed by atoms with E-state index in [0.29, 0.717) is 9.54 Å². The SMILES string of the molecule is CC1=Cc2c(cc(C)c(C)c2-c2ccccc2)[CH]1[Zr]([CH3])([CH3])(=[SiH2])[C]1=C(C)C(C)=C(C)C1C.Cl.Cl. The quantitative estimate of drug-likeness (QED) is 0.319. The molecule has 0 radical (unpaired) electrons. The van der Waals surface area contributed by atoms with Crippen LogP contribution in [0, 0.1) is 19.8 Å². The normalized spacial score (nSPS) is 20.4. The third kappa shape index (κ3) is 4.29. The number of allylic oxidation sites excluding steroid dienone is 5. The second kappa shape index (κ2) is 9.42. The molecule has 0 saturated heterocycles. The smallest absolute Gasteiger partial charge is 0.147 e. The standard InChI is InChI=1S/C18H17.C9H13.2CH3.2ClH.H2Si.Zr/c1-12-9-16-11-13(2)14(3)18(17(16)10-12)15-7-5-4-6-8-15;1-6-5-7(2)9(4)8(6)3;;;;;;/h4-11H,1-3H3;6H,1-4H3;2*1H3;2*1H;1H2;. The Morgan fingerprint density at radius 1 is 0.848 bits per heavy atom. The van der Waals surface area contributed by atoms with E-state index < -0.39 is 17.4 Å². The first kappa shape index (κ1) is 28.6. The van der Waals surface area contributed by atoms with E-state index >= 15 is 0 Å². The Hall–Kier alpha value is -0.660. The van der Waals surface area contributed by atoms with E-state index in [-0.39, 0.29) is 24.8 Å². The van der Waals surface area contributed by atoms with Crippen molar-refractivity contribution in [2.75, 3.05) is 0 Å². The van der Waals surface area contributed by atoms with Gasteiger partial charge in [0.2, 0.25) is 0 Å². The van der Waals surface area contributed by atoms with Crippen LogP contribution < -0.4 is 0 Å². The first-order chi connectivity index (χ1) is 14.3. The second-order valence-corrected chi connectivity index (χ2v) is 40.7. The van der Waals surface area contributed by atoms with E-state index in [2.05, 4.69) is 107 Å². The van der Waals surface area contributed by atoms with Gasteiger partial charge in [-0.25, -0.2) is 0 Å². The summed E-state index contributed by atoms with van der Waals surface area (Å²) < 4.78 is 7.85. The molecular weight excluding hydrogens is 539 g/mol. The molecule has 0 spiro atoms. The van der Waals surface area contributed by atoms with Gasteiger partial charge in [-0.3, -0.25) is 0 Å². The van der Waals surface area contributed by atoms with Crippen LogP contribution in [0.15, 0.2) is 62.0 Å². The molecule has 2 aromatic rings. The van der Waals surface area contributed by atoms with Gasteiger partial charge in [0.1, 0.15) is 0 Å². The van der Waals surface area contributed by atoms with Gasteiger partial charge in [0, 0.05) is 0 Å². The molecule has 4 heteroatoms. The second-order valence-electron chi connectivity index (χ2n) is 11.3. The van der Waals surface area contributed by atoms with Crippen LogP contribution in [0.25, 0.3) is 17.2 Å². The summed E-state index contributed by atoms with van der Waals surface area (Å²) in [4.78, 5) is 0. The zero-order chi connectivity index (χ0) is 22.9. The van der Waals surface area contributed by atoms with Crippen LogP contribution in [0.2, 0.25) is 9.26 Å². The summed E-state index contributed by atoms with van der Waals surface area (Å²) in [5.41, 5.74) is 15.0. The summed E-state index contributed by atoms with van der Waals surface area (Å²) >= 11 is -3.35. The van der Waals surface area contributed by atoms with E-state index in [1.165, 1.54) is 27.8 Å². The molecule has 33 heavy (non-hydrogen) atoms. The van der Waals surface area contributed by atoms with Gasteiger partial charge in [0.15, 0.2) is 0 Å². The fourth-order valence-corrected chi connectivity index (χ4v) is 28.7. The van der Waals surface area contributed by atoms with Gasteiger partial charge in [-0.15, -0.1) is 24.8 Å². The summed E-state index contributed by atoms with van der Waals surface area (Å²) in [6.45, 7) is 19.0. The van der Waals surface area contributed by atoms with Crippen molar-refractivity contribution >= 4 is 37.8 Å². The minimum Gasteiger partial charge on any atom is -0.147 e. The van der Waals surface area contributed by atoms with Crippen LogP contribution in [0.3, 0.4) is 0 Å². The predicted molar refractivity (Wildman–Crippen MR) is 153 cm³/mol. The van der Waals surface area contributed by atoms with Crippen LogP contribution in [0.4, 0.5) is 0 Å². The summed E-state index contributed by atoms with van der Waals surface area (Å²) in [5, 5.41) is 0. The van der Waals surface area contributed by atoms with Crippen molar-refractivity contribution in [3.63, 3.8) is 0 Å². The van der Waals surface area contributed by atoms with E-state index in [1.54, 1.807) is 27.9 Å². The molecule has 0 nitrogen and oxygen atoms in total. The van der Waals surface area contributed by atoms with E-state index in [4.69, 9.17) is 0 Å². The molecular formula is C29H40Cl2SiZr. The monoisotopic (exact) mass is 576 g/mol. The molecule has 0 fully saturated rings. The Bertz CT molecular complexity index is 1270. The third-order valence-corrected chi connectivity index (χ3v) is 26.0. The molecule has 4 rings (SSSR count). The van der Waals surface area contributed by atoms with Crippen molar-refractivity contribution in [3.05, 3.63) is 84.2 Å². The molecule has 178 valence electrons. The Morgan fingerprint density at radius 2 is 1.42 bits per heavy atom. The Labute approximate surface area is 216 Å². The van der Waals surface area contributed by atoms with Crippen molar-refractivity contribution < 1.29 is 17.4 Å². The van der Waals surface area contributed by atoms with Gasteiger partial charge in [-0.2, -0.15) is 0 Å². The largest absolute Gasteiger partial charge is 0.147 e. The fourth-order valence-electron chi connectivity index (χ4n) is 6.97. The number of hydrogen-bond acceptors (Lipinski definition) is 0. The van der Waals surface area contributed by atoms with Crippen molar-refractivity contribution in [2.45, 2.75) is 61.4 Å². The molecule has 0 bridgehead atoms. The number of fused-ring (bicyclic) bond motifs is 1. The molecule has 0 heterocycles. The van der Waals surface area contributed by atoms with E-state index in [1.807, 2.05) is 3.28 Å². The molecule has 0 N–H and O–H groups in total. The Kier molecular flexibility index (Phi) is 8.16. The topological polar surface area (TPSA) is 0 Å². The molecule has 2 unspecified atom stereocenters. The minimum atomic E-state index is -3.35. The van der Waals surface area contributed by atoms with Crippen LogP contribution in [-0.4, -0.2) is 6.88 Å². The molecule has 2 atom stereocenters. The van der Waals surface area contributed by atoms with Crippen LogP contribution in [0.5, 0.6) is 0 Å². The van der Waals surface area contributed by atoms with Gasteiger partial charge in [-0.05, 0) is 0 Å². The van der Waals surface area contributed by atoms with Crippen molar-refractivity contribution in [1.29, 1.82) is 0 Å². The van der Waals surface area contributed by atoms with Gasteiger partial charge in [0.25, 0.3) is 0 Å². The Morgan fingerprint density at radius 3 is 1.94 bits per heavy atom. The van der Waals surface area contributed by atoms with Gasteiger partial charge >= 0.3 is 193 Å². The van der Waals surface area contributed by atoms with Crippen molar-refractivity contribution in [2.24, 2.45) is 5.92 Å². The number of benzene rings is 2. The maximum absolute atomic E-state index is 3.35. The van der Waals surface area contributed by atoms with Crippen LogP contribution in [0.1, 0.15) is 60.5 Å². The minimum absolute atomic E-state index is 0. The van der Waals surface area contributed by atoms with Gasteiger partial charge in [-0.1, -0.05) is 0 Å². The summed E-state index contributed by atoms with van der Waals surface area (Å²) in [7, 11) is 0. The number of hydrogen-bond donors (Lipinski definition) is 0. The summed E-state index contributed by atoms with van der Waals surface area (Å²) in [6, 6.07) is 13.5. The average molecular weight is 579 g/mol. The first-order valence-corrected chi connectivity index (χ1v) is 25.2. The molecule has 0 amide bonds. The van der Waals surface area contributed by atoms with Gasteiger partial charge < -0.3 is 0 Å². The molecule has 2 aromatic carbocycles. The van der Waals surface area contributed by atoms with E-state index in [9.17, 15) is 0 Å². The van der Waals surface area contributed by atoms with Crippen LogP contribution in [-0.2, 0) is 17.4 Å². The summed E-state index contributed by atoms with van der Waals surface area (Å²) in [6.07, 6.45) is 2.53. The van der Waals surface area contributed by atoms with Crippen LogP contribution >= 0.6 is 24.8 Å². The number of rotatable bonds is 3.